The molecule has 1 unspecified atom stereocenters. The van der Waals surface area contributed by atoms with E-state index >= 15 is 0 Å². The number of carbonyl (C=O) groups is 1. The summed E-state index contributed by atoms with van der Waals surface area (Å²) in [4.78, 5) is 29.6. The highest BCUT2D eigenvalue weighted by atomic mass is 32.2. The summed E-state index contributed by atoms with van der Waals surface area (Å²) in [6.07, 6.45) is 0.989. The van der Waals surface area contributed by atoms with Gasteiger partial charge in [0.15, 0.2) is 5.16 Å². The number of esters is 1. The fourth-order valence-corrected chi connectivity index (χ4v) is 3.72. The number of hydrogen-bond donors (Lipinski definition) is 0. The summed E-state index contributed by atoms with van der Waals surface area (Å²) >= 11 is 1.57. The molecule has 2 aromatic carbocycles. The molecule has 140 valence electrons. The van der Waals surface area contributed by atoms with Gasteiger partial charge in [-0.15, -0.1) is 0 Å². The number of para-hydroxylation sites is 1. The molecule has 1 aromatic heterocycles. The van der Waals surface area contributed by atoms with Crippen LogP contribution in [0.15, 0.2) is 58.5 Å². The lowest BCUT2D eigenvalue weighted by atomic mass is 10.0. The molecule has 0 aliphatic heterocycles. The number of benzene rings is 2. The Labute approximate surface area is 162 Å². The number of nitrogens with zero attached hydrogens (tertiary/aromatic N) is 2. The lowest BCUT2D eigenvalue weighted by Crippen LogP contribution is -2.22. The normalized spacial score (nSPS) is 12.1. The molecule has 3 rings (SSSR count). The van der Waals surface area contributed by atoms with Crippen LogP contribution in [0.3, 0.4) is 0 Å². The highest BCUT2D eigenvalue weighted by molar-refractivity contribution is 7.99. The molecule has 1 atom stereocenters. The van der Waals surface area contributed by atoms with Gasteiger partial charge < -0.3 is 4.74 Å². The molecule has 0 aliphatic rings. The van der Waals surface area contributed by atoms with Gasteiger partial charge in [0, 0.05) is 5.75 Å². The van der Waals surface area contributed by atoms with Crippen LogP contribution < -0.4 is 5.56 Å². The first-order chi connectivity index (χ1) is 13.1. The average molecular weight is 382 g/mol. The van der Waals surface area contributed by atoms with E-state index in [1.54, 1.807) is 29.3 Å². The second-order valence-electron chi connectivity index (χ2n) is 6.24. The van der Waals surface area contributed by atoms with Gasteiger partial charge in [-0.1, -0.05) is 43.0 Å². The molecule has 0 spiro atoms. The first-order valence-corrected chi connectivity index (χ1v) is 9.88. The molecule has 5 nitrogen and oxygen atoms in total. The Bertz CT molecular complexity index is 1010. The third-order valence-electron chi connectivity index (χ3n) is 4.39. The predicted octanol–water partition coefficient (Wildman–Crippen LogP) is 4.16. The summed E-state index contributed by atoms with van der Waals surface area (Å²) in [5.41, 5.74) is 2.19. The number of fused-ring (bicyclic) bond motifs is 1. The van der Waals surface area contributed by atoms with Crippen molar-refractivity contribution in [3.63, 3.8) is 0 Å². The second kappa shape index (κ2) is 8.39. The molecule has 0 amide bonds. The maximum Gasteiger partial charge on any atom is 0.312 e. The largest absolute Gasteiger partial charge is 0.469 e. The quantitative estimate of drug-likeness (QED) is 0.364. The van der Waals surface area contributed by atoms with Crippen molar-refractivity contribution >= 4 is 28.6 Å². The van der Waals surface area contributed by atoms with Gasteiger partial charge in [0.25, 0.3) is 5.56 Å². The van der Waals surface area contributed by atoms with E-state index in [4.69, 9.17) is 9.72 Å². The lowest BCUT2D eigenvalue weighted by molar-refractivity contribution is -0.141. The van der Waals surface area contributed by atoms with Crippen LogP contribution in [-0.2, 0) is 9.53 Å². The summed E-state index contributed by atoms with van der Waals surface area (Å²) in [6.45, 7) is 3.90. The third-order valence-corrected chi connectivity index (χ3v) is 5.53. The molecule has 0 radical (unpaired) electrons. The minimum atomic E-state index is -0.357. The van der Waals surface area contributed by atoms with E-state index < -0.39 is 0 Å². The molecule has 0 fully saturated rings. The van der Waals surface area contributed by atoms with Crippen molar-refractivity contribution < 1.29 is 9.53 Å². The number of carbonyl (C=O) groups excluding carboxylic acids is 1. The van der Waals surface area contributed by atoms with Crippen LogP contribution in [0, 0.1) is 0 Å². The average Bonchev–Trinajstić information content (AvgIpc) is 2.71. The lowest BCUT2D eigenvalue weighted by Gasteiger charge is -2.14. The Morgan fingerprint density at radius 2 is 1.89 bits per heavy atom. The van der Waals surface area contributed by atoms with E-state index in [1.165, 1.54) is 7.11 Å². The minimum Gasteiger partial charge on any atom is -0.469 e. The van der Waals surface area contributed by atoms with Crippen molar-refractivity contribution in [1.29, 1.82) is 0 Å². The standard InChI is InChI=1S/C21H22N2O3S/c1-4-13-27-21-22-18-8-6-5-7-17(18)19(24)23(21)16-11-9-15(10-12-16)14(2)20(25)26-3/h5-12,14H,4,13H2,1-3H3. The van der Waals surface area contributed by atoms with Gasteiger partial charge >= 0.3 is 5.97 Å². The topological polar surface area (TPSA) is 61.2 Å². The summed E-state index contributed by atoms with van der Waals surface area (Å²) in [5.74, 6) is 0.235. The van der Waals surface area contributed by atoms with Crippen LogP contribution in [0.1, 0.15) is 31.7 Å². The molecule has 27 heavy (non-hydrogen) atoms. The van der Waals surface area contributed by atoms with Crippen molar-refractivity contribution in [1.82, 2.24) is 9.55 Å². The van der Waals surface area contributed by atoms with E-state index in [-0.39, 0.29) is 17.4 Å². The molecule has 1 heterocycles. The van der Waals surface area contributed by atoms with Crippen molar-refractivity contribution in [3.05, 3.63) is 64.4 Å². The Morgan fingerprint density at radius 3 is 2.56 bits per heavy atom. The van der Waals surface area contributed by atoms with Crippen LogP contribution in [0.5, 0.6) is 0 Å². The summed E-state index contributed by atoms with van der Waals surface area (Å²) < 4.78 is 6.45. The Kier molecular flexibility index (Phi) is 5.96. The van der Waals surface area contributed by atoms with Gasteiger partial charge in [-0.05, 0) is 43.2 Å². The van der Waals surface area contributed by atoms with Gasteiger partial charge in [-0.25, -0.2) is 4.98 Å². The van der Waals surface area contributed by atoms with E-state index in [1.807, 2.05) is 42.5 Å². The third kappa shape index (κ3) is 3.90. The Morgan fingerprint density at radius 1 is 1.19 bits per heavy atom. The number of thioether (sulfide) groups is 1. The second-order valence-corrected chi connectivity index (χ2v) is 7.30. The van der Waals surface area contributed by atoms with E-state index in [0.29, 0.717) is 16.1 Å². The highest BCUT2D eigenvalue weighted by Crippen LogP contribution is 2.24. The van der Waals surface area contributed by atoms with E-state index in [0.717, 1.165) is 23.4 Å². The zero-order chi connectivity index (χ0) is 19.4. The van der Waals surface area contributed by atoms with Gasteiger partial charge in [0.2, 0.25) is 0 Å². The SMILES string of the molecule is CCCSc1nc2ccccc2c(=O)n1-c1ccc(C(C)C(=O)OC)cc1. The molecular formula is C21H22N2O3S. The molecule has 0 aliphatic carbocycles. The minimum absolute atomic E-state index is 0.0898. The molecule has 6 heteroatoms. The molecule has 0 bridgehead atoms. The molecule has 0 saturated carbocycles. The summed E-state index contributed by atoms with van der Waals surface area (Å²) in [5, 5.41) is 1.26. The van der Waals surface area contributed by atoms with Gasteiger partial charge in [-0.3, -0.25) is 14.2 Å². The number of ether oxygens (including phenoxy) is 1. The smallest absolute Gasteiger partial charge is 0.312 e. The van der Waals surface area contributed by atoms with Gasteiger partial charge in [0.1, 0.15) is 0 Å². The van der Waals surface area contributed by atoms with Crippen LogP contribution in [0.25, 0.3) is 16.6 Å². The highest BCUT2D eigenvalue weighted by Gasteiger charge is 2.17. The molecule has 0 saturated heterocycles. The van der Waals surface area contributed by atoms with Crippen LogP contribution >= 0.6 is 11.8 Å². The summed E-state index contributed by atoms with van der Waals surface area (Å²) in [6, 6.07) is 14.8. The Hall–Kier alpha value is -2.60. The first-order valence-electron chi connectivity index (χ1n) is 8.89. The monoisotopic (exact) mass is 382 g/mol. The molecule has 3 aromatic rings. The molecule has 0 N–H and O–H groups in total. The number of hydrogen-bond acceptors (Lipinski definition) is 5. The Balaban J connectivity index is 2.10. The van der Waals surface area contributed by atoms with Crippen molar-refractivity contribution in [3.8, 4) is 5.69 Å². The number of methoxy groups -OCH3 is 1. The fraction of sp³-hybridized carbons (Fsp3) is 0.286. The van der Waals surface area contributed by atoms with E-state index in [2.05, 4.69) is 6.92 Å². The van der Waals surface area contributed by atoms with Crippen LogP contribution in [-0.4, -0.2) is 28.4 Å². The summed E-state index contributed by atoms with van der Waals surface area (Å²) in [7, 11) is 1.38. The maximum absolute atomic E-state index is 13.1. The number of aromatic nitrogens is 2. The predicted molar refractivity (Wildman–Crippen MR) is 109 cm³/mol. The van der Waals surface area contributed by atoms with Crippen LogP contribution in [0.4, 0.5) is 0 Å². The molecular weight excluding hydrogens is 360 g/mol. The van der Waals surface area contributed by atoms with Crippen molar-refractivity contribution in [2.24, 2.45) is 0 Å². The van der Waals surface area contributed by atoms with Gasteiger partial charge in [0.05, 0.1) is 29.6 Å². The zero-order valence-corrected chi connectivity index (χ0v) is 16.5. The number of rotatable bonds is 6. The van der Waals surface area contributed by atoms with Crippen molar-refractivity contribution in [2.45, 2.75) is 31.3 Å². The van der Waals surface area contributed by atoms with E-state index in [9.17, 15) is 9.59 Å². The van der Waals surface area contributed by atoms with Crippen molar-refractivity contribution in [2.75, 3.05) is 12.9 Å². The van der Waals surface area contributed by atoms with Gasteiger partial charge in [-0.2, -0.15) is 0 Å². The fourth-order valence-electron chi connectivity index (χ4n) is 2.86. The van der Waals surface area contributed by atoms with Crippen LogP contribution in [0.2, 0.25) is 0 Å². The maximum atomic E-state index is 13.1. The first kappa shape index (κ1) is 19.2. The zero-order valence-electron chi connectivity index (χ0n) is 15.6.